The maximum Gasteiger partial charge on any atom is 0.129 e. The molecule has 4 atom stereocenters. The van der Waals surface area contributed by atoms with E-state index in [9.17, 15) is 8.78 Å². The fraction of sp³-hybridized carbons (Fsp3) is 0.800. The maximum atomic E-state index is 14.1. The molecule has 180 valence electrons. The highest BCUT2D eigenvalue weighted by Crippen LogP contribution is 2.51. The van der Waals surface area contributed by atoms with Crippen LogP contribution in [0.15, 0.2) is 12.1 Å². The van der Waals surface area contributed by atoms with Gasteiger partial charge in [-0.1, -0.05) is 58.3 Å². The lowest BCUT2D eigenvalue weighted by Crippen LogP contribution is -2.34. The molecule has 32 heavy (non-hydrogen) atoms. The van der Waals surface area contributed by atoms with Crippen molar-refractivity contribution in [3.05, 3.63) is 34.9 Å². The van der Waals surface area contributed by atoms with E-state index >= 15 is 0 Å². The molecule has 2 heteroatoms. The summed E-state index contributed by atoms with van der Waals surface area (Å²) in [7, 11) is 0. The summed E-state index contributed by atoms with van der Waals surface area (Å²) in [5.74, 6) is 4.18. The van der Waals surface area contributed by atoms with Crippen molar-refractivity contribution in [1.29, 1.82) is 0 Å². The third-order valence-corrected chi connectivity index (χ3v) is 9.70. The summed E-state index contributed by atoms with van der Waals surface area (Å²) in [5, 5.41) is 0. The summed E-state index contributed by atoms with van der Waals surface area (Å²) < 4.78 is 28.2. The first-order valence-electron chi connectivity index (χ1n) is 14.0. The van der Waals surface area contributed by atoms with Crippen molar-refractivity contribution in [3.8, 4) is 0 Å². The molecule has 0 aromatic heterocycles. The van der Waals surface area contributed by atoms with Crippen molar-refractivity contribution in [2.75, 3.05) is 0 Å². The van der Waals surface area contributed by atoms with Crippen LogP contribution in [0.25, 0.3) is 0 Å². The number of hydrogen-bond acceptors (Lipinski definition) is 0. The van der Waals surface area contributed by atoms with Crippen LogP contribution in [-0.2, 0) is 0 Å². The molecule has 0 radical (unpaired) electrons. The minimum absolute atomic E-state index is 0.161. The molecule has 4 rings (SSSR count). The average Bonchev–Trinajstić information content (AvgIpc) is 2.82. The summed E-state index contributed by atoms with van der Waals surface area (Å²) in [6.45, 7) is 3.83. The van der Waals surface area contributed by atoms with E-state index in [1.165, 1.54) is 96.8 Å². The molecule has 3 aliphatic rings. The van der Waals surface area contributed by atoms with Gasteiger partial charge in [-0.3, -0.25) is 0 Å². The first-order chi connectivity index (χ1) is 15.5. The Bertz CT molecular complexity index is 695. The van der Waals surface area contributed by atoms with Crippen LogP contribution in [0, 0.1) is 48.1 Å². The van der Waals surface area contributed by atoms with Gasteiger partial charge in [0.1, 0.15) is 11.6 Å². The molecule has 3 saturated carbocycles. The fourth-order valence-corrected chi connectivity index (χ4v) is 7.54. The molecular formula is C30H46F2. The third-order valence-electron chi connectivity index (χ3n) is 9.70. The van der Waals surface area contributed by atoms with Crippen molar-refractivity contribution >= 4 is 0 Å². The molecule has 4 unspecified atom stereocenters. The van der Waals surface area contributed by atoms with Gasteiger partial charge < -0.3 is 0 Å². The number of unbranched alkanes of at least 4 members (excludes halogenated alkanes) is 4. The summed E-state index contributed by atoms with van der Waals surface area (Å²) in [4.78, 5) is 0. The molecule has 3 fully saturated rings. The molecular weight excluding hydrogens is 398 g/mol. The predicted octanol–water partition coefficient (Wildman–Crippen LogP) is 9.74. The molecule has 0 saturated heterocycles. The Morgan fingerprint density at radius 3 is 1.94 bits per heavy atom. The highest BCUT2D eigenvalue weighted by Gasteiger charge is 2.39. The lowest BCUT2D eigenvalue weighted by atomic mass is 9.60. The topological polar surface area (TPSA) is 0 Å². The second-order valence-electron chi connectivity index (χ2n) is 11.7. The summed E-state index contributed by atoms with van der Waals surface area (Å²) in [6, 6.07) is 3.22. The Hall–Kier alpha value is -0.920. The molecule has 0 aliphatic heterocycles. The van der Waals surface area contributed by atoms with Crippen molar-refractivity contribution in [2.45, 2.75) is 122 Å². The van der Waals surface area contributed by atoms with Gasteiger partial charge in [0.2, 0.25) is 0 Å². The highest BCUT2D eigenvalue weighted by molar-refractivity contribution is 5.28. The van der Waals surface area contributed by atoms with E-state index in [0.717, 1.165) is 48.0 Å². The van der Waals surface area contributed by atoms with Crippen molar-refractivity contribution in [1.82, 2.24) is 0 Å². The zero-order chi connectivity index (χ0) is 22.5. The van der Waals surface area contributed by atoms with Crippen LogP contribution in [0.2, 0.25) is 0 Å². The van der Waals surface area contributed by atoms with E-state index in [-0.39, 0.29) is 17.2 Å². The van der Waals surface area contributed by atoms with Crippen LogP contribution >= 0.6 is 0 Å². The second kappa shape index (κ2) is 11.5. The zero-order valence-corrected chi connectivity index (χ0v) is 20.7. The van der Waals surface area contributed by atoms with E-state index in [1.807, 2.05) is 0 Å². The van der Waals surface area contributed by atoms with E-state index in [2.05, 4.69) is 6.92 Å². The Labute approximate surface area is 196 Å². The number of halogens is 2. The Morgan fingerprint density at radius 2 is 1.25 bits per heavy atom. The smallest absolute Gasteiger partial charge is 0.129 e. The van der Waals surface area contributed by atoms with Crippen LogP contribution in [0.5, 0.6) is 0 Å². The monoisotopic (exact) mass is 444 g/mol. The first kappa shape index (κ1) is 24.2. The zero-order valence-electron chi connectivity index (χ0n) is 20.7. The normalized spacial score (nSPS) is 33.1. The van der Waals surface area contributed by atoms with Gasteiger partial charge in [0, 0.05) is 5.56 Å². The highest BCUT2D eigenvalue weighted by atomic mass is 19.1. The van der Waals surface area contributed by atoms with Gasteiger partial charge in [-0.15, -0.1) is 0 Å². The van der Waals surface area contributed by atoms with Crippen molar-refractivity contribution in [2.24, 2.45) is 29.6 Å². The molecule has 1 aromatic carbocycles. The van der Waals surface area contributed by atoms with Crippen LogP contribution in [0.1, 0.15) is 127 Å². The average molecular weight is 445 g/mol. The van der Waals surface area contributed by atoms with E-state index < -0.39 is 0 Å². The molecule has 0 nitrogen and oxygen atoms in total. The lowest BCUT2D eigenvalue weighted by Gasteiger charge is -2.45. The molecule has 0 N–H and O–H groups in total. The van der Waals surface area contributed by atoms with Gasteiger partial charge in [-0.05, 0) is 111 Å². The quantitative estimate of drug-likeness (QED) is 0.350. The summed E-state index contributed by atoms with van der Waals surface area (Å²) >= 11 is 0. The minimum atomic E-state index is -0.373. The predicted molar refractivity (Wildman–Crippen MR) is 131 cm³/mol. The van der Waals surface area contributed by atoms with Crippen molar-refractivity contribution in [3.63, 3.8) is 0 Å². The number of fused-ring (bicyclic) bond motifs is 1. The molecule has 0 amide bonds. The molecule has 3 aliphatic carbocycles. The van der Waals surface area contributed by atoms with Crippen LogP contribution in [-0.4, -0.2) is 0 Å². The van der Waals surface area contributed by atoms with Crippen molar-refractivity contribution < 1.29 is 8.78 Å². The maximum absolute atomic E-state index is 14.1. The fourth-order valence-electron chi connectivity index (χ4n) is 7.54. The molecule has 0 heterocycles. The van der Waals surface area contributed by atoms with Crippen LogP contribution < -0.4 is 0 Å². The van der Waals surface area contributed by atoms with Gasteiger partial charge in [0.15, 0.2) is 0 Å². The van der Waals surface area contributed by atoms with Gasteiger partial charge >= 0.3 is 0 Å². The van der Waals surface area contributed by atoms with Gasteiger partial charge in [-0.2, -0.15) is 0 Å². The van der Waals surface area contributed by atoms with Gasteiger partial charge in [0.25, 0.3) is 0 Å². The van der Waals surface area contributed by atoms with Crippen LogP contribution in [0.3, 0.4) is 0 Å². The Kier molecular flexibility index (Phi) is 8.68. The number of benzene rings is 1. The molecule has 0 spiro atoms. The van der Waals surface area contributed by atoms with E-state index in [4.69, 9.17) is 0 Å². The molecule has 0 bridgehead atoms. The first-order valence-corrected chi connectivity index (χ1v) is 14.0. The third kappa shape index (κ3) is 5.95. The summed E-state index contributed by atoms with van der Waals surface area (Å²) in [5.41, 5.74) is 1.06. The Morgan fingerprint density at radius 1 is 0.688 bits per heavy atom. The van der Waals surface area contributed by atoms with Gasteiger partial charge in [-0.25, -0.2) is 8.78 Å². The van der Waals surface area contributed by atoms with E-state index in [1.54, 1.807) is 12.1 Å². The molecule has 1 aromatic rings. The number of rotatable bonds is 8. The standard InChI is InChI=1S/C30H46F2/c1-3-4-5-6-7-8-22-9-11-23(12-10-22)24-13-14-26-18-27(16-15-25(26)17-24)28-19-29(31)21(2)30(32)20-28/h19-20,22-27H,3-18H2,1-2H3. The second-order valence-corrected chi connectivity index (χ2v) is 11.7. The summed E-state index contributed by atoms with van der Waals surface area (Å²) in [6.07, 6.45) is 22.2. The minimum Gasteiger partial charge on any atom is -0.207 e. The van der Waals surface area contributed by atoms with E-state index in [0.29, 0.717) is 5.92 Å². The largest absolute Gasteiger partial charge is 0.207 e. The Balaban J connectivity index is 1.21. The number of hydrogen-bond donors (Lipinski definition) is 0. The lowest BCUT2D eigenvalue weighted by molar-refractivity contribution is 0.0709. The van der Waals surface area contributed by atoms with Crippen LogP contribution in [0.4, 0.5) is 8.78 Å². The SMILES string of the molecule is CCCCCCCC1CCC(C2CCC3CC(c4cc(F)c(C)c(F)c4)CCC3C2)CC1. The van der Waals surface area contributed by atoms with Gasteiger partial charge in [0.05, 0.1) is 0 Å².